The molecule has 0 saturated heterocycles. The molecule has 2 heterocycles. The van der Waals surface area contributed by atoms with E-state index in [4.69, 9.17) is 0 Å². The van der Waals surface area contributed by atoms with Crippen molar-refractivity contribution >= 4 is 28.3 Å². The highest BCUT2D eigenvalue weighted by Crippen LogP contribution is 2.31. The fourth-order valence-electron chi connectivity index (χ4n) is 3.48. The van der Waals surface area contributed by atoms with E-state index in [1.165, 1.54) is 5.56 Å². The van der Waals surface area contributed by atoms with E-state index in [1.54, 1.807) is 11.3 Å². The number of carbonyl (C=O) groups excluding carboxylic acids is 2. The van der Waals surface area contributed by atoms with Crippen molar-refractivity contribution in [2.75, 3.05) is 18.4 Å². The fourth-order valence-corrected chi connectivity index (χ4v) is 4.53. The highest BCUT2D eigenvalue weighted by Gasteiger charge is 2.27. The molecule has 0 radical (unpaired) electrons. The maximum atomic E-state index is 12.3. The van der Waals surface area contributed by atoms with E-state index >= 15 is 0 Å². The van der Waals surface area contributed by atoms with E-state index in [-0.39, 0.29) is 17.7 Å². The summed E-state index contributed by atoms with van der Waals surface area (Å²) in [5, 5.41) is 6.67. The van der Waals surface area contributed by atoms with E-state index < -0.39 is 0 Å². The molecule has 2 N–H and O–H groups in total. The normalized spacial score (nSPS) is 16.9. The first-order valence-electron chi connectivity index (χ1n) is 9.91. The van der Waals surface area contributed by atoms with Crippen molar-refractivity contribution in [3.8, 4) is 0 Å². The Bertz CT molecular complexity index is 858. The van der Waals surface area contributed by atoms with Crippen molar-refractivity contribution in [3.05, 3.63) is 46.0 Å². The zero-order valence-electron chi connectivity index (χ0n) is 16.2. The number of hydrogen-bond donors (Lipinski definition) is 2. The predicted octanol–water partition coefficient (Wildman–Crippen LogP) is 2.86. The average Bonchev–Trinajstić information content (AvgIpc) is 3.01. The van der Waals surface area contributed by atoms with Gasteiger partial charge in [0.2, 0.25) is 11.8 Å². The molecule has 28 heavy (non-hydrogen) atoms. The molecule has 4 rings (SSSR count). The van der Waals surface area contributed by atoms with Crippen LogP contribution in [0.1, 0.15) is 41.0 Å². The maximum absolute atomic E-state index is 12.3. The second kappa shape index (κ2) is 8.41. The van der Waals surface area contributed by atoms with Crippen LogP contribution < -0.4 is 10.6 Å². The van der Waals surface area contributed by atoms with E-state index in [1.807, 2.05) is 12.1 Å². The van der Waals surface area contributed by atoms with Gasteiger partial charge in [0.25, 0.3) is 0 Å². The van der Waals surface area contributed by atoms with Crippen LogP contribution in [0.25, 0.3) is 0 Å². The summed E-state index contributed by atoms with van der Waals surface area (Å²) in [5.74, 6) is 0.298. The first kappa shape index (κ1) is 19.1. The molecule has 2 aromatic rings. The Balaban J connectivity index is 1.26. The number of nitrogens with one attached hydrogen (secondary N) is 2. The van der Waals surface area contributed by atoms with Gasteiger partial charge in [-0.3, -0.25) is 14.5 Å². The third kappa shape index (κ3) is 4.59. The number of hydrogen-bond acceptors (Lipinski definition) is 5. The zero-order valence-corrected chi connectivity index (χ0v) is 17.0. The van der Waals surface area contributed by atoms with Crippen molar-refractivity contribution in [2.24, 2.45) is 5.92 Å². The van der Waals surface area contributed by atoms with Crippen LogP contribution in [0.3, 0.4) is 0 Å². The Morgan fingerprint density at radius 2 is 2.04 bits per heavy atom. The van der Waals surface area contributed by atoms with E-state index in [9.17, 15) is 9.59 Å². The molecule has 1 aliphatic carbocycles. The number of fused-ring (bicyclic) bond motifs is 1. The number of nitrogens with zero attached hydrogens (tertiary/aromatic N) is 2. The lowest BCUT2D eigenvalue weighted by atomic mass is 9.85. The Labute approximate surface area is 169 Å². The van der Waals surface area contributed by atoms with Crippen LogP contribution in [-0.2, 0) is 29.1 Å². The van der Waals surface area contributed by atoms with Crippen LogP contribution in [0, 0.1) is 12.8 Å². The van der Waals surface area contributed by atoms with Gasteiger partial charge in [0.1, 0.15) is 0 Å². The summed E-state index contributed by atoms with van der Waals surface area (Å²) >= 11 is 1.54. The summed E-state index contributed by atoms with van der Waals surface area (Å²) in [5.41, 5.74) is 3.38. The molecule has 1 aliphatic heterocycles. The molecule has 6 nitrogen and oxygen atoms in total. The quantitative estimate of drug-likeness (QED) is 0.785. The molecule has 1 fully saturated rings. The Morgan fingerprint density at radius 1 is 1.25 bits per heavy atom. The number of thiazole rings is 1. The first-order chi connectivity index (χ1) is 13.6. The first-order valence-corrected chi connectivity index (χ1v) is 10.7. The minimum Gasteiger partial charge on any atom is -0.351 e. The van der Waals surface area contributed by atoms with Gasteiger partial charge in [0.05, 0.1) is 12.2 Å². The molecular weight excluding hydrogens is 372 g/mol. The molecule has 0 bridgehead atoms. The van der Waals surface area contributed by atoms with Crippen molar-refractivity contribution in [3.63, 3.8) is 0 Å². The van der Waals surface area contributed by atoms with Gasteiger partial charge in [-0.15, -0.1) is 11.3 Å². The Hall–Kier alpha value is -2.25. The van der Waals surface area contributed by atoms with E-state index in [0.717, 1.165) is 48.4 Å². The van der Waals surface area contributed by atoms with Crippen LogP contribution in [0.4, 0.5) is 5.13 Å². The monoisotopic (exact) mass is 398 g/mol. The fraction of sp³-hybridized carbons (Fsp3) is 0.476. The molecule has 148 valence electrons. The average molecular weight is 399 g/mol. The second-order valence-electron chi connectivity index (χ2n) is 7.73. The van der Waals surface area contributed by atoms with Crippen LogP contribution >= 0.6 is 11.3 Å². The molecule has 1 saturated carbocycles. The molecule has 0 atom stereocenters. The number of anilines is 1. The Kier molecular flexibility index (Phi) is 5.73. The van der Waals surface area contributed by atoms with Gasteiger partial charge in [0, 0.05) is 36.9 Å². The van der Waals surface area contributed by atoms with E-state index in [2.05, 4.69) is 39.6 Å². The zero-order chi connectivity index (χ0) is 19.5. The lowest BCUT2D eigenvalue weighted by Crippen LogP contribution is -2.39. The van der Waals surface area contributed by atoms with Gasteiger partial charge in [-0.2, -0.15) is 0 Å². The second-order valence-corrected chi connectivity index (χ2v) is 8.81. The number of carbonyl (C=O) groups is 2. The van der Waals surface area contributed by atoms with Gasteiger partial charge in [-0.25, -0.2) is 4.98 Å². The molecule has 1 aromatic carbocycles. The molecule has 0 spiro atoms. The largest absolute Gasteiger partial charge is 0.351 e. The van der Waals surface area contributed by atoms with Crippen molar-refractivity contribution < 1.29 is 9.59 Å². The maximum Gasteiger partial charge on any atom is 0.234 e. The van der Waals surface area contributed by atoms with Crippen LogP contribution in [0.5, 0.6) is 0 Å². The molecule has 2 aliphatic rings. The van der Waals surface area contributed by atoms with Gasteiger partial charge in [0.15, 0.2) is 5.13 Å². The number of amides is 2. The SMILES string of the molecule is Cc1ccc(CNC(=O)CN2CCc3nc(NC(=O)C4CCC4)sc3C2)cc1. The lowest BCUT2D eigenvalue weighted by Gasteiger charge is -2.25. The van der Waals surface area contributed by atoms with Gasteiger partial charge < -0.3 is 10.6 Å². The number of benzene rings is 1. The molecular formula is C21H26N4O2S. The topological polar surface area (TPSA) is 74.3 Å². The third-order valence-corrected chi connectivity index (χ3v) is 6.49. The predicted molar refractivity (Wildman–Crippen MR) is 110 cm³/mol. The van der Waals surface area contributed by atoms with Crippen LogP contribution in [0.15, 0.2) is 24.3 Å². The van der Waals surface area contributed by atoms with Crippen molar-refractivity contribution in [2.45, 2.75) is 45.7 Å². The third-order valence-electron chi connectivity index (χ3n) is 5.49. The number of aromatic nitrogens is 1. The van der Waals surface area contributed by atoms with Gasteiger partial charge in [-0.1, -0.05) is 36.2 Å². The van der Waals surface area contributed by atoms with E-state index in [0.29, 0.717) is 24.8 Å². The summed E-state index contributed by atoms with van der Waals surface area (Å²) in [4.78, 5) is 32.3. The number of rotatable bonds is 6. The Morgan fingerprint density at radius 3 is 2.75 bits per heavy atom. The lowest BCUT2D eigenvalue weighted by molar-refractivity contribution is -0.123. The minimum absolute atomic E-state index is 0.0343. The van der Waals surface area contributed by atoms with Crippen molar-refractivity contribution in [1.82, 2.24) is 15.2 Å². The van der Waals surface area contributed by atoms with Gasteiger partial charge in [-0.05, 0) is 25.3 Å². The summed E-state index contributed by atoms with van der Waals surface area (Å²) in [6.45, 7) is 4.51. The molecule has 0 unspecified atom stereocenters. The van der Waals surface area contributed by atoms with Crippen LogP contribution in [0.2, 0.25) is 0 Å². The summed E-state index contributed by atoms with van der Waals surface area (Å²) in [6, 6.07) is 8.19. The summed E-state index contributed by atoms with van der Waals surface area (Å²) in [6.07, 6.45) is 3.94. The summed E-state index contributed by atoms with van der Waals surface area (Å²) in [7, 11) is 0. The minimum atomic E-state index is 0.0343. The number of aryl methyl sites for hydroxylation is 1. The summed E-state index contributed by atoms with van der Waals surface area (Å²) < 4.78 is 0. The molecule has 7 heteroatoms. The smallest absolute Gasteiger partial charge is 0.234 e. The highest BCUT2D eigenvalue weighted by atomic mass is 32.1. The van der Waals surface area contributed by atoms with Crippen molar-refractivity contribution in [1.29, 1.82) is 0 Å². The molecule has 1 aromatic heterocycles. The standard InChI is InChI=1S/C21H26N4O2S/c1-14-5-7-15(8-6-14)11-22-19(26)13-25-10-9-17-18(12-25)28-21(23-17)24-20(27)16-3-2-4-16/h5-8,16H,2-4,9-13H2,1H3,(H,22,26)(H,23,24,27). The molecule has 2 amide bonds. The highest BCUT2D eigenvalue weighted by molar-refractivity contribution is 7.15. The van der Waals surface area contributed by atoms with Crippen LogP contribution in [-0.4, -0.2) is 34.8 Å². The van der Waals surface area contributed by atoms with Gasteiger partial charge >= 0.3 is 0 Å².